The summed E-state index contributed by atoms with van der Waals surface area (Å²) in [6, 6.07) is 6.66. The molecule has 1 aromatic carbocycles. The highest BCUT2D eigenvalue weighted by molar-refractivity contribution is 6.34. The van der Waals surface area contributed by atoms with Crippen LogP contribution in [0.3, 0.4) is 0 Å². The molecular formula is C12H12N4O4. The second-order valence-corrected chi connectivity index (χ2v) is 3.42. The molecule has 0 heterocycles. The molecule has 20 heavy (non-hydrogen) atoms. The van der Waals surface area contributed by atoms with Crippen molar-refractivity contribution in [2.24, 2.45) is 10.8 Å². The summed E-state index contributed by atoms with van der Waals surface area (Å²) in [5, 5.41) is 12.0. The Bertz CT molecular complexity index is 577. The number of hydrazone groups is 1. The summed E-state index contributed by atoms with van der Waals surface area (Å²) in [5.74, 6) is -1.32. The number of carbonyl (C=O) groups excluding carboxylic acids is 2. The summed E-state index contributed by atoms with van der Waals surface area (Å²) in [7, 11) is 1.45. The number of hydrogen-bond donors (Lipinski definition) is 2. The van der Waals surface area contributed by atoms with Gasteiger partial charge >= 0.3 is 11.8 Å². The maximum atomic E-state index is 10.9. The van der Waals surface area contributed by atoms with Gasteiger partial charge in [0, 0.05) is 0 Å². The summed E-state index contributed by atoms with van der Waals surface area (Å²) in [6.07, 6.45) is 1.30. The summed E-state index contributed by atoms with van der Waals surface area (Å²) >= 11 is 0. The van der Waals surface area contributed by atoms with Crippen LogP contribution in [0.4, 0.5) is 0 Å². The van der Waals surface area contributed by atoms with Gasteiger partial charge in [0.15, 0.2) is 18.1 Å². The van der Waals surface area contributed by atoms with Gasteiger partial charge < -0.3 is 15.2 Å². The molecule has 1 aromatic rings. The molecule has 0 aliphatic heterocycles. The molecule has 0 aliphatic rings. The molecule has 2 amide bonds. The second-order valence-electron chi connectivity index (χ2n) is 3.42. The van der Waals surface area contributed by atoms with Gasteiger partial charge in [-0.3, -0.25) is 9.59 Å². The smallest absolute Gasteiger partial charge is 0.329 e. The fourth-order valence-electron chi connectivity index (χ4n) is 1.21. The summed E-state index contributed by atoms with van der Waals surface area (Å²) in [5.41, 5.74) is 7.29. The van der Waals surface area contributed by atoms with Crippen LogP contribution in [0.15, 0.2) is 23.3 Å². The molecule has 0 radical (unpaired) electrons. The zero-order valence-electron chi connectivity index (χ0n) is 10.6. The molecule has 0 saturated heterocycles. The van der Waals surface area contributed by atoms with Crippen LogP contribution in [0.2, 0.25) is 0 Å². The first-order valence-electron chi connectivity index (χ1n) is 5.39. The van der Waals surface area contributed by atoms with E-state index in [2.05, 4.69) is 5.10 Å². The number of ether oxygens (including phenoxy) is 2. The molecule has 0 aliphatic carbocycles. The quantitative estimate of drug-likeness (QED) is 0.427. The third kappa shape index (κ3) is 4.30. The van der Waals surface area contributed by atoms with E-state index >= 15 is 0 Å². The number of methoxy groups -OCH3 is 1. The van der Waals surface area contributed by atoms with E-state index in [1.807, 2.05) is 11.5 Å². The number of carbonyl (C=O) groups is 2. The summed E-state index contributed by atoms with van der Waals surface area (Å²) < 4.78 is 10.2. The zero-order chi connectivity index (χ0) is 15.0. The molecule has 0 unspecified atom stereocenters. The maximum absolute atomic E-state index is 10.9. The average molecular weight is 276 g/mol. The Morgan fingerprint density at radius 2 is 2.25 bits per heavy atom. The van der Waals surface area contributed by atoms with Crippen LogP contribution in [0.25, 0.3) is 0 Å². The lowest BCUT2D eigenvalue weighted by Gasteiger charge is -2.08. The Hall–Kier alpha value is -3.08. The highest BCUT2D eigenvalue weighted by Crippen LogP contribution is 2.27. The van der Waals surface area contributed by atoms with Gasteiger partial charge in [-0.25, -0.2) is 5.43 Å². The number of hydrogen-bond acceptors (Lipinski definition) is 6. The lowest BCUT2D eigenvalue weighted by Crippen LogP contribution is -2.32. The minimum atomic E-state index is -1.13. The fourth-order valence-corrected chi connectivity index (χ4v) is 1.21. The topological polar surface area (TPSA) is 127 Å². The van der Waals surface area contributed by atoms with Gasteiger partial charge in [0.2, 0.25) is 0 Å². The highest BCUT2D eigenvalue weighted by atomic mass is 16.5. The molecule has 0 spiro atoms. The van der Waals surface area contributed by atoms with Crippen LogP contribution in [-0.2, 0) is 9.59 Å². The van der Waals surface area contributed by atoms with Crippen LogP contribution in [0.1, 0.15) is 5.56 Å². The van der Waals surface area contributed by atoms with Crippen molar-refractivity contribution in [3.63, 3.8) is 0 Å². The van der Waals surface area contributed by atoms with E-state index in [0.717, 1.165) is 0 Å². The number of nitrogens with two attached hydrogens (primary N) is 1. The molecule has 0 fully saturated rings. The number of benzene rings is 1. The van der Waals surface area contributed by atoms with E-state index in [0.29, 0.717) is 17.1 Å². The lowest BCUT2D eigenvalue weighted by atomic mass is 10.2. The van der Waals surface area contributed by atoms with Crippen LogP contribution >= 0.6 is 0 Å². The standard InChI is InChI=1S/C12H12N4O4/c1-19-10-6-8(2-3-9(10)20-5-4-13)7-15-16-12(18)11(14)17/h2-3,6-7H,5H2,1H3,(H2,14,17)(H,16,18)/b15-7-. The van der Waals surface area contributed by atoms with Crippen LogP contribution in [0, 0.1) is 11.3 Å². The van der Waals surface area contributed by atoms with Crippen molar-refractivity contribution < 1.29 is 19.1 Å². The summed E-state index contributed by atoms with van der Waals surface area (Å²) in [4.78, 5) is 21.3. The van der Waals surface area contributed by atoms with Crippen molar-refractivity contribution >= 4 is 18.0 Å². The van der Waals surface area contributed by atoms with Gasteiger partial charge in [-0.05, 0) is 23.8 Å². The predicted octanol–water partition coefficient (Wildman–Crippen LogP) is -0.467. The molecule has 104 valence electrons. The van der Waals surface area contributed by atoms with Gasteiger partial charge in [0.1, 0.15) is 6.07 Å². The van der Waals surface area contributed by atoms with Crippen LogP contribution in [0.5, 0.6) is 11.5 Å². The molecule has 8 heteroatoms. The van der Waals surface area contributed by atoms with Gasteiger partial charge in [-0.15, -0.1) is 0 Å². The third-order valence-electron chi connectivity index (χ3n) is 2.08. The Kier molecular flexibility index (Phi) is 5.52. The number of nitrogens with one attached hydrogen (secondary N) is 1. The van der Waals surface area contributed by atoms with E-state index in [-0.39, 0.29) is 6.61 Å². The van der Waals surface area contributed by atoms with Crippen molar-refractivity contribution in [3.05, 3.63) is 23.8 Å². The van der Waals surface area contributed by atoms with E-state index in [4.69, 9.17) is 20.5 Å². The Morgan fingerprint density at radius 1 is 1.50 bits per heavy atom. The third-order valence-corrected chi connectivity index (χ3v) is 2.08. The van der Waals surface area contributed by atoms with Crippen molar-refractivity contribution in [2.45, 2.75) is 0 Å². The molecular weight excluding hydrogens is 264 g/mol. The molecule has 0 atom stereocenters. The van der Waals surface area contributed by atoms with Crippen molar-refractivity contribution in [1.82, 2.24) is 5.43 Å². The zero-order valence-corrected chi connectivity index (χ0v) is 10.6. The Morgan fingerprint density at radius 3 is 2.85 bits per heavy atom. The number of rotatable bonds is 5. The Balaban J connectivity index is 2.77. The van der Waals surface area contributed by atoms with Crippen molar-refractivity contribution in [3.8, 4) is 17.6 Å². The minimum absolute atomic E-state index is 0.0987. The van der Waals surface area contributed by atoms with Crippen LogP contribution < -0.4 is 20.6 Å². The maximum Gasteiger partial charge on any atom is 0.329 e. The molecule has 0 saturated carbocycles. The second kappa shape index (κ2) is 7.38. The number of primary amides is 1. The molecule has 8 nitrogen and oxygen atoms in total. The molecule has 3 N–H and O–H groups in total. The molecule has 1 rings (SSSR count). The van der Waals surface area contributed by atoms with Gasteiger partial charge in [-0.1, -0.05) is 0 Å². The number of nitrogens with zero attached hydrogens (tertiary/aromatic N) is 2. The first kappa shape index (κ1) is 15.0. The first-order valence-corrected chi connectivity index (χ1v) is 5.39. The van der Waals surface area contributed by atoms with E-state index in [9.17, 15) is 9.59 Å². The molecule has 0 aromatic heterocycles. The fraction of sp³-hybridized carbons (Fsp3) is 0.167. The highest BCUT2D eigenvalue weighted by Gasteiger charge is 2.06. The average Bonchev–Trinajstić information content (AvgIpc) is 2.45. The monoisotopic (exact) mass is 276 g/mol. The van der Waals surface area contributed by atoms with Crippen LogP contribution in [-0.4, -0.2) is 31.7 Å². The first-order chi connectivity index (χ1) is 9.58. The molecule has 0 bridgehead atoms. The van der Waals surface area contributed by atoms with E-state index < -0.39 is 11.8 Å². The van der Waals surface area contributed by atoms with E-state index in [1.54, 1.807) is 18.2 Å². The van der Waals surface area contributed by atoms with Gasteiger partial charge in [0.05, 0.1) is 13.3 Å². The van der Waals surface area contributed by atoms with Crippen molar-refractivity contribution in [2.75, 3.05) is 13.7 Å². The van der Waals surface area contributed by atoms with Gasteiger partial charge in [0.25, 0.3) is 0 Å². The Labute approximate surface area is 114 Å². The largest absolute Gasteiger partial charge is 0.493 e. The number of nitriles is 1. The lowest BCUT2D eigenvalue weighted by molar-refractivity contribution is -0.137. The SMILES string of the molecule is COc1cc(/C=N\NC(=O)C(N)=O)ccc1OCC#N. The minimum Gasteiger partial charge on any atom is -0.493 e. The summed E-state index contributed by atoms with van der Waals surface area (Å²) in [6.45, 7) is -0.0987. The predicted molar refractivity (Wildman–Crippen MR) is 69.0 cm³/mol. The van der Waals surface area contributed by atoms with Gasteiger partial charge in [-0.2, -0.15) is 10.4 Å². The van der Waals surface area contributed by atoms with Crippen molar-refractivity contribution in [1.29, 1.82) is 5.26 Å². The number of amides is 2. The van der Waals surface area contributed by atoms with E-state index in [1.165, 1.54) is 13.3 Å². The normalized spacial score (nSPS) is 9.80.